The molecule has 142 valence electrons. The molecule has 0 radical (unpaired) electrons. The lowest BCUT2D eigenvalue weighted by molar-refractivity contribution is 0.660. The molecular formula is C23H25N5. The second-order valence-electron chi connectivity index (χ2n) is 6.47. The van der Waals surface area contributed by atoms with Crippen molar-refractivity contribution in [3.05, 3.63) is 91.8 Å². The minimum Gasteiger partial charge on any atom is -0.370 e. The molecule has 0 aliphatic heterocycles. The third kappa shape index (κ3) is 5.04. The smallest absolute Gasteiger partial charge is 0.162 e. The molecule has 0 spiro atoms. The summed E-state index contributed by atoms with van der Waals surface area (Å²) in [6, 6.07) is 10.3. The van der Waals surface area contributed by atoms with E-state index in [2.05, 4.69) is 64.2 Å². The van der Waals surface area contributed by atoms with Crippen molar-refractivity contribution in [3.8, 4) is 11.3 Å². The van der Waals surface area contributed by atoms with Gasteiger partial charge in [0.05, 0.1) is 12.0 Å². The van der Waals surface area contributed by atoms with Crippen LogP contribution in [0.25, 0.3) is 16.8 Å². The highest BCUT2D eigenvalue weighted by Crippen LogP contribution is 2.23. The van der Waals surface area contributed by atoms with Gasteiger partial charge >= 0.3 is 0 Å². The highest BCUT2D eigenvalue weighted by Gasteiger charge is 2.09. The lowest BCUT2D eigenvalue weighted by Gasteiger charge is -2.11. The van der Waals surface area contributed by atoms with Crippen LogP contribution in [0.4, 0.5) is 5.82 Å². The first-order chi connectivity index (χ1) is 13.7. The van der Waals surface area contributed by atoms with Gasteiger partial charge in [-0.3, -0.25) is 0 Å². The van der Waals surface area contributed by atoms with Crippen molar-refractivity contribution in [1.29, 1.82) is 0 Å². The van der Waals surface area contributed by atoms with Gasteiger partial charge in [0, 0.05) is 42.7 Å². The van der Waals surface area contributed by atoms with E-state index in [0.717, 1.165) is 42.2 Å². The summed E-state index contributed by atoms with van der Waals surface area (Å²) in [5.74, 6) is 1.42. The van der Waals surface area contributed by atoms with Crippen molar-refractivity contribution in [3.63, 3.8) is 0 Å². The Hall–Kier alpha value is -3.47. The van der Waals surface area contributed by atoms with Crippen LogP contribution in [0.2, 0.25) is 0 Å². The molecule has 3 aromatic rings. The lowest BCUT2D eigenvalue weighted by atomic mass is 10.1. The van der Waals surface area contributed by atoms with Crippen LogP contribution in [0.15, 0.2) is 80.4 Å². The molecule has 0 unspecified atom stereocenters. The number of allylic oxidation sites excluding steroid dienone is 4. The molecule has 0 fully saturated rings. The number of anilines is 1. The predicted octanol–water partition coefficient (Wildman–Crippen LogP) is 4.91. The van der Waals surface area contributed by atoms with Gasteiger partial charge < -0.3 is 9.88 Å². The average molecular weight is 371 g/mol. The van der Waals surface area contributed by atoms with Gasteiger partial charge in [-0.1, -0.05) is 61.2 Å². The Balaban J connectivity index is 1.83. The first-order valence-electron chi connectivity index (χ1n) is 9.31. The van der Waals surface area contributed by atoms with Crippen molar-refractivity contribution in [2.45, 2.75) is 19.9 Å². The van der Waals surface area contributed by atoms with Crippen LogP contribution < -0.4 is 5.32 Å². The number of rotatable bonds is 9. The predicted molar refractivity (Wildman–Crippen MR) is 116 cm³/mol. The summed E-state index contributed by atoms with van der Waals surface area (Å²) in [5, 5.41) is 3.42. The quantitative estimate of drug-likeness (QED) is 0.429. The number of imidazole rings is 1. The topological polar surface area (TPSA) is 55.6 Å². The summed E-state index contributed by atoms with van der Waals surface area (Å²) >= 11 is 0. The minimum absolute atomic E-state index is 0.630. The first kappa shape index (κ1) is 19.3. The fourth-order valence-electron chi connectivity index (χ4n) is 2.80. The Morgan fingerprint density at radius 1 is 1.18 bits per heavy atom. The Bertz CT molecular complexity index is 953. The SMILES string of the molecule is C=C/C=C(\C=C)c1nc(NCCCn2ccnc2)cc(-c2ccc(C)cc2)n1. The standard InChI is InChI=1S/C23H25N5/c1-4-7-19(5-2)23-26-21(20-10-8-18(3)9-11-20)16-22(27-23)25-12-6-14-28-15-13-24-17-28/h4-5,7-11,13,15-17H,1-2,6,12,14H2,3H3,(H,25,26,27)/b19-7+. The zero-order chi connectivity index (χ0) is 19.8. The van der Waals surface area contributed by atoms with Crippen LogP contribution in [-0.2, 0) is 6.54 Å². The molecule has 1 N–H and O–H groups in total. The van der Waals surface area contributed by atoms with E-state index in [-0.39, 0.29) is 0 Å². The maximum atomic E-state index is 4.74. The van der Waals surface area contributed by atoms with Gasteiger partial charge in [-0.05, 0) is 13.3 Å². The summed E-state index contributed by atoms with van der Waals surface area (Å²) in [6.45, 7) is 11.4. The molecule has 0 amide bonds. The zero-order valence-corrected chi connectivity index (χ0v) is 16.2. The maximum Gasteiger partial charge on any atom is 0.162 e. The minimum atomic E-state index is 0.630. The largest absolute Gasteiger partial charge is 0.370 e. The Kier molecular flexibility index (Phi) is 6.52. The average Bonchev–Trinajstić information content (AvgIpc) is 3.23. The van der Waals surface area contributed by atoms with Gasteiger partial charge in [0.25, 0.3) is 0 Å². The molecule has 2 heterocycles. The third-order valence-electron chi connectivity index (χ3n) is 4.31. The molecule has 0 aliphatic carbocycles. The highest BCUT2D eigenvalue weighted by atomic mass is 15.0. The summed E-state index contributed by atoms with van der Waals surface area (Å²) in [7, 11) is 0. The van der Waals surface area contributed by atoms with Gasteiger partial charge in [-0.15, -0.1) is 0 Å². The molecule has 0 bridgehead atoms. The van der Waals surface area contributed by atoms with Crippen molar-refractivity contribution in [2.24, 2.45) is 0 Å². The van der Waals surface area contributed by atoms with E-state index in [9.17, 15) is 0 Å². The molecule has 3 rings (SSSR count). The second kappa shape index (κ2) is 9.46. The Labute approximate surface area is 166 Å². The van der Waals surface area contributed by atoms with Crippen molar-refractivity contribution >= 4 is 11.4 Å². The summed E-state index contributed by atoms with van der Waals surface area (Å²) in [4.78, 5) is 13.5. The molecule has 0 aliphatic rings. The van der Waals surface area contributed by atoms with Crippen LogP contribution >= 0.6 is 0 Å². The van der Waals surface area contributed by atoms with Gasteiger partial charge in [-0.2, -0.15) is 0 Å². The maximum absolute atomic E-state index is 4.74. The number of nitrogens with one attached hydrogen (secondary N) is 1. The third-order valence-corrected chi connectivity index (χ3v) is 4.31. The van der Waals surface area contributed by atoms with Crippen LogP contribution in [-0.4, -0.2) is 26.1 Å². The molecule has 0 saturated carbocycles. The number of hydrogen-bond donors (Lipinski definition) is 1. The number of nitrogens with zero attached hydrogens (tertiary/aromatic N) is 4. The number of aromatic nitrogens is 4. The van der Waals surface area contributed by atoms with E-state index < -0.39 is 0 Å². The highest BCUT2D eigenvalue weighted by molar-refractivity contribution is 5.73. The fourth-order valence-corrected chi connectivity index (χ4v) is 2.80. The molecule has 0 saturated heterocycles. The number of aryl methyl sites for hydroxylation is 2. The van der Waals surface area contributed by atoms with Gasteiger partial charge in [-0.25, -0.2) is 15.0 Å². The molecule has 5 nitrogen and oxygen atoms in total. The second-order valence-corrected chi connectivity index (χ2v) is 6.47. The van der Waals surface area contributed by atoms with E-state index in [0.29, 0.717) is 5.82 Å². The van der Waals surface area contributed by atoms with Crippen LogP contribution in [0.5, 0.6) is 0 Å². The monoisotopic (exact) mass is 371 g/mol. The van der Waals surface area contributed by atoms with Gasteiger partial charge in [0.15, 0.2) is 5.82 Å². The summed E-state index contributed by atoms with van der Waals surface area (Å²) < 4.78 is 2.06. The molecular weight excluding hydrogens is 346 g/mol. The summed E-state index contributed by atoms with van der Waals surface area (Å²) in [6.07, 6.45) is 11.9. The normalized spacial score (nSPS) is 11.2. The van der Waals surface area contributed by atoms with Crippen LogP contribution in [0.1, 0.15) is 17.8 Å². The van der Waals surface area contributed by atoms with E-state index >= 15 is 0 Å². The first-order valence-corrected chi connectivity index (χ1v) is 9.31. The van der Waals surface area contributed by atoms with Crippen molar-refractivity contribution in [1.82, 2.24) is 19.5 Å². The van der Waals surface area contributed by atoms with Gasteiger partial charge in [0.2, 0.25) is 0 Å². The molecule has 28 heavy (non-hydrogen) atoms. The van der Waals surface area contributed by atoms with E-state index in [4.69, 9.17) is 4.98 Å². The molecule has 0 atom stereocenters. The Morgan fingerprint density at radius 3 is 2.68 bits per heavy atom. The van der Waals surface area contributed by atoms with Gasteiger partial charge in [0.1, 0.15) is 5.82 Å². The summed E-state index contributed by atoms with van der Waals surface area (Å²) in [5.41, 5.74) is 3.98. The fraction of sp³-hybridized carbons (Fsp3) is 0.174. The molecule has 1 aromatic carbocycles. The number of hydrogen-bond acceptors (Lipinski definition) is 4. The zero-order valence-electron chi connectivity index (χ0n) is 16.2. The van der Waals surface area contributed by atoms with E-state index in [1.54, 1.807) is 18.3 Å². The van der Waals surface area contributed by atoms with Crippen LogP contribution in [0.3, 0.4) is 0 Å². The van der Waals surface area contributed by atoms with Crippen LogP contribution in [0, 0.1) is 6.92 Å². The Morgan fingerprint density at radius 2 is 2.00 bits per heavy atom. The molecule has 5 heteroatoms. The molecule has 2 aromatic heterocycles. The van der Waals surface area contributed by atoms with Crippen molar-refractivity contribution in [2.75, 3.05) is 11.9 Å². The van der Waals surface area contributed by atoms with Crippen molar-refractivity contribution < 1.29 is 0 Å². The van der Waals surface area contributed by atoms with E-state index in [1.165, 1.54) is 5.56 Å². The lowest BCUT2D eigenvalue weighted by Crippen LogP contribution is -2.09. The van der Waals surface area contributed by atoms with E-state index in [1.807, 2.05) is 24.7 Å². The number of benzene rings is 1.